The number of carbonyl (C=O) groups excluding carboxylic acids is 2. The van der Waals surface area contributed by atoms with Crippen LogP contribution in [0.3, 0.4) is 0 Å². The number of ketones is 1. The van der Waals surface area contributed by atoms with Crippen LogP contribution < -0.4 is 18.9 Å². The van der Waals surface area contributed by atoms with Crippen molar-refractivity contribution in [2.45, 2.75) is 50.7 Å². The van der Waals surface area contributed by atoms with Gasteiger partial charge in [0.2, 0.25) is 0 Å². The van der Waals surface area contributed by atoms with Gasteiger partial charge in [0.05, 0.1) is 60.9 Å². The summed E-state index contributed by atoms with van der Waals surface area (Å²) in [7, 11) is 4.39. The molecule has 0 amide bonds. The van der Waals surface area contributed by atoms with Gasteiger partial charge < -0.3 is 39.4 Å². The summed E-state index contributed by atoms with van der Waals surface area (Å²) in [5.74, 6) is -1.02. The zero-order valence-corrected chi connectivity index (χ0v) is 24.5. The third kappa shape index (κ3) is 4.58. The number of hydrogen-bond donors (Lipinski definition) is 4. The summed E-state index contributed by atoms with van der Waals surface area (Å²) in [6, 6.07) is 8.39. The number of hydrogen-bond acceptors (Lipinski definition) is 10. The second-order valence-corrected chi connectivity index (χ2v) is 11.9. The van der Waals surface area contributed by atoms with Gasteiger partial charge in [-0.25, -0.2) is 0 Å². The van der Waals surface area contributed by atoms with Crippen molar-refractivity contribution in [3.63, 3.8) is 0 Å². The fraction of sp³-hybridized carbons (Fsp3) is 0.333. The average molecular weight is 589 g/mol. The highest BCUT2D eigenvalue weighted by Gasteiger charge is 2.39. The summed E-state index contributed by atoms with van der Waals surface area (Å²) in [6.07, 6.45) is -0.527. The number of phenolic OH excluding ortho intramolecular Hbond substituents is 2. The predicted molar refractivity (Wildman–Crippen MR) is 158 cm³/mol. The molecule has 0 aromatic heterocycles. The van der Waals surface area contributed by atoms with Gasteiger partial charge in [0.15, 0.2) is 11.5 Å². The molecule has 2 atom stereocenters. The third-order valence-corrected chi connectivity index (χ3v) is 8.26. The van der Waals surface area contributed by atoms with Crippen LogP contribution in [0.5, 0.6) is 34.5 Å². The molecule has 4 aromatic rings. The van der Waals surface area contributed by atoms with Crippen molar-refractivity contribution in [1.29, 1.82) is 0 Å². The van der Waals surface area contributed by atoms with E-state index in [2.05, 4.69) is 0 Å². The van der Waals surface area contributed by atoms with Crippen LogP contribution in [0, 0.1) is 0 Å². The Balaban J connectivity index is 1.79. The molecule has 2 aliphatic rings. The van der Waals surface area contributed by atoms with E-state index in [-0.39, 0.29) is 58.6 Å². The first-order valence-electron chi connectivity index (χ1n) is 13.8. The predicted octanol–water partition coefficient (Wildman–Crippen LogP) is 4.58. The fourth-order valence-electron chi connectivity index (χ4n) is 6.55. The maximum Gasteiger partial charge on any atom is 0.314 e. The third-order valence-electron chi connectivity index (χ3n) is 8.26. The molecule has 0 saturated carbocycles. The highest BCUT2D eigenvalue weighted by Crippen LogP contribution is 2.55. The van der Waals surface area contributed by atoms with E-state index in [4.69, 9.17) is 18.9 Å². The SMILES string of the molecule is COc1cc(OC)c2c(O)c3c(cc2c1)C[C@@](C)(O)CC(=O)Oc1c-3c(OC)cc2cc3c(c(O)c12)C(=O)C[C@](C)(O)C3. The first kappa shape index (κ1) is 28.6. The quantitative estimate of drug-likeness (QED) is 0.198. The number of carbonyl (C=O) groups is 2. The maximum absolute atomic E-state index is 13.3. The van der Waals surface area contributed by atoms with E-state index < -0.39 is 35.1 Å². The zero-order valence-electron chi connectivity index (χ0n) is 24.5. The van der Waals surface area contributed by atoms with E-state index in [9.17, 15) is 30.0 Å². The molecule has 10 heteroatoms. The number of phenols is 2. The summed E-state index contributed by atoms with van der Waals surface area (Å²) in [6.45, 7) is 3.05. The first-order valence-corrected chi connectivity index (χ1v) is 13.8. The van der Waals surface area contributed by atoms with Crippen LogP contribution in [0.2, 0.25) is 0 Å². The Morgan fingerprint density at radius 1 is 0.674 bits per heavy atom. The van der Waals surface area contributed by atoms with Gasteiger partial charge in [0, 0.05) is 30.9 Å². The van der Waals surface area contributed by atoms with E-state index in [0.29, 0.717) is 38.8 Å². The number of ether oxygens (including phenoxy) is 4. The summed E-state index contributed by atoms with van der Waals surface area (Å²) >= 11 is 0. The second kappa shape index (κ2) is 9.75. The van der Waals surface area contributed by atoms with Gasteiger partial charge >= 0.3 is 5.97 Å². The van der Waals surface area contributed by atoms with Gasteiger partial charge in [-0.1, -0.05) is 0 Å². The lowest BCUT2D eigenvalue weighted by Gasteiger charge is -2.30. The zero-order chi connectivity index (χ0) is 31.0. The minimum Gasteiger partial charge on any atom is -0.506 e. The van der Waals surface area contributed by atoms with Gasteiger partial charge in [-0.05, 0) is 60.0 Å². The van der Waals surface area contributed by atoms with Gasteiger partial charge in [-0.3, -0.25) is 9.59 Å². The Morgan fingerprint density at radius 2 is 1.26 bits per heavy atom. The van der Waals surface area contributed by atoms with E-state index in [1.165, 1.54) is 28.3 Å². The molecule has 0 bridgehead atoms. The number of aliphatic hydroxyl groups is 2. The smallest absolute Gasteiger partial charge is 0.314 e. The lowest BCUT2D eigenvalue weighted by molar-refractivity contribution is -0.138. The number of rotatable bonds is 3. The molecule has 1 aliphatic heterocycles. The first-order chi connectivity index (χ1) is 20.3. The van der Waals surface area contributed by atoms with E-state index in [0.717, 1.165) is 0 Å². The monoisotopic (exact) mass is 588 g/mol. The molecule has 1 heterocycles. The van der Waals surface area contributed by atoms with Crippen molar-refractivity contribution in [3.8, 4) is 45.6 Å². The van der Waals surface area contributed by atoms with Gasteiger partial charge in [0.25, 0.3) is 0 Å². The fourth-order valence-corrected chi connectivity index (χ4v) is 6.55. The topological polar surface area (TPSA) is 152 Å². The van der Waals surface area contributed by atoms with Crippen LogP contribution >= 0.6 is 0 Å². The molecule has 0 spiro atoms. The second-order valence-electron chi connectivity index (χ2n) is 11.9. The largest absolute Gasteiger partial charge is 0.506 e. The Labute approximate surface area is 247 Å². The number of fused-ring (bicyclic) bond motifs is 7. The van der Waals surface area contributed by atoms with Crippen LogP contribution in [-0.4, -0.2) is 64.7 Å². The molecule has 0 radical (unpaired) electrons. The molecule has 10 nitrogen and oxygen atoms in total. The standard InChI is InChI=1S/C33H32O10/c1-32(38)11-17-7-16-9-21(41-4)28-26-18(6-15-8-19(40-3)10-22(42-5)25(15)30(26)37)12-33(2,39)14-23(35)43-31(28)27(16)29(36)24(17)20(34)13-32/h6-10,36-39H,11-14H2,1-5H3/t32-,33-/m1/s1. The molecule has 6 rings (SSSR count). The molecule has 4 N–H and O–H groups in total. The van der Waals surface area contributed by atoms with Crippen LogP contribution in [0.4, 0.5) is 0 Å². The van der Waals surface area contributed by atoms with Gasteiger partial charge in [-0.15, -0.1) is 0 Å². The van der Waals surface area contributed by atoms with E-state index in [1.807, 2.05) is 0 Å². The summed E-state index contributed by atoms with van der Waals surface area (Å²) in [4.78, 5) is 26.5. The summed E-state index contributed by atoms with van der Waals surface area (Å²) in [5.41, 5.74) is -1.58. The van der Waals surface area contributed by atoms with Gasteiger partial charge in [0.1, 0.15) is 28.7 Å². The highest BCUT2D eigenvalue weighted by atomic mass is 16.5. The molecular weight excluding hydrogens is 556 g/mol. The van der Waals surface area contributed by atoms with Crippen molar-refractivity contribution in [1.82, 2.24) is 0 Å². The number of Topliss-reactive ketones (excluding diaryl/α,β-unsaturated/α-hetero) is 1. The summed E-state index contributed by atoms with van der Waals surface area (Å²) < 4.78 is 22.7. The Hall–Kier alpha value is -4.54. The number of methoxy groups -OCH3 is 3. The van der Waals surface area contributed by atoms with E-state index in [1.54, 1.807) is 37.3 Å². The minimum absolute atomic E-state index is 0.0334. The maximum atomic E-state index is 13.3. The average Bonchev–Trinajstić information content (AvgIpc) is 2.94. The number of esters is 1. The minimum atomic E-state index is -1.58. The molecule has 43 heavy (non-hydrogen) atoms. The molecular formula is C33H32O10. The van der Waals surface area contributed by atoms with Crippen LogP contribution in [0.15, 0.2) is 30.3 Å². The molecule has 1 aliphatic carbocycles. The van der Waals surface area contributed by atoms with Crippen LogP contribution in [-0.2, 0) is 17.6 Å². The molecule has 0 saturated heterocycles. The molecule has 4 aromatic carbocycles. The summed E-state index contributed by atoms with van der Waals surface area (Å²) in [5, 5.41) is 46.9. The molecule has 0 fully saturated rings. The highest BCUT2D eigenvalue weighted by molar-refractivity contribution is 6.13. The van der Waals surface area contributed by atoms with Crippen molar-refractivity contribution >= 4 is 33.3 Å². The van der Waals surface area contributed by atoms with Crippen molar-refractivity contribution in [3.05, 3.63) is 47.0 Å². The van der Waals surface area contributed by atoms with Crippen molar-refractivity contribution < 1.29 is 49.0 Å². The van der Waals surface area contributed by atoms with Crippen molar-refractivity contribution in [2.24, 2.45) is 0 Å². The number of aromatic hydroxyl groups is 2. The Morgan fingerprint density at radius 3 is 1.88 bits per heavy atom. The van der Waals surface area contributed by atoms with E-state index >= 15 is 0 Å². The Kier molecular flexibility index (Phi) is 6.48. The normalized spacial score (nSPS) is 21.7. The van der Waals surface area contributed by atoms with Crippen molar-refractivity contribution in [2.75, 3.05) is 21.3 Å². The molecule has 224 valence electrons. The molecule has 0 unspecified atom stereocenters. The number of benzene rings is 4. The van der Waals surface area contributed by atoms with Gasteiger partial charge in [-0.2, -0.15) is 0 Å². The Bertz CT molecular complexity index is 1870. The van der Waals surface area contributed by atoms with Crippen LogP contribution in [0.25, 0.3) is 32.7 Å². The van der Waals surface area contributed by atoms with Crippen LogP contribution in [0.1, 0.15) is 48.2 Å². The lowest BCUT2D eigenvalue weighted by atomic mass is 9.78. The lowest BCUT2D eigenvalue weighted by Crippen LogP contribution is -2.35.